The largest absolute Gasteiger partial charge is 0.482 e. The molecular weight excluding hydrogens is 340 g/mol. The number of aromatic nitrogens is 1. The Morgan fingerprint density at radius 1 is 1.24 bits per heavy atom. The van der Waals surface area contributed by atoms with Gasteiger partial charge in [-0.2, -0.15) is 0 Å². The van der Waals surface area contributed by atoms with Crippen molar-refractivity contribution in [2.45, 2.75) is 26.2 Å². The predicted octanol–water partition coefficient (Wildman–Crippen LogP) is 4.80. The average molecular weight is 359 g/mol. The third-order valence-electron chi connectivity index (χ3n) is 3.51. The molecule has 0 fully saturated rings. The molecule has 1 heterocycles. The van der Waals surface area contributed by atoms with Crippen LogP contribution >= 0.6 is 11.6 Å². The number of hydrogen-bond donors (Lipinski definition) is 1. The second kappa shape index (κ2) is 6.76. The highest BCUT2D eigenvalue weighted by Gasteiger charge is 2.21. The molecule has 0 unspecified atom stereocenters. The van der Waals surface area contributed by atoms with E-state index in [0.29, 0.717) is 33.4 Å². The van der Waals surface area contributed by atoms with Gasteiger partial charge in [-0.25, -0.2) is 4.98 Å². The van der Waals surface area contributed by atoms with E-state index in [4.69, 9.17) is 20.8 Å². The maximum absolute atomic E-state index is 12.1. The summed E-state index contributed by atoms with van der Waals surface area (Å²) in [5.74, 6) is 0.855. The lowest BCUT2D eigenvalue weighted by Gasteiger charge is -2.11. The second-order valence-electron chi connectivity index (χ2n) is 6.72. The molecule has 6 heteroatoms. The Morgan fingerprint density at radius 2 is 2.00 bits per heavy atom. The van der Waals surface area contributed by atoms with Crippen molar-refractivity contribution in [2.75, 3.05) is 11.9 Å². The van der Waals surface area contributed by atoms with Crippen LogP contribution in [0.5, 0.6) is 5.75 Å². The molecule has 0 radical (unpaired) electrons. The fourth-order valence-corrected chi connectivity index (χ4v) is 2.42. The molecule has 5 nitrogen and oxygen atoms in total. The molecule has 0 aliphatic heterocycles. The summed E-state index contributed by atoms with van der Waals surface area (Å²) in [5.41, 5.74) is 1.85. The third kappa shape index (κ3) is 4.12. The molecule has 130 valence electrons. The number of nitrogens with zero attached hydrogens (tertiary/aromatic N) is 1. The number of hydrogen-bond acceptors (Lipinski definition) is 4. The highest BCUT2D eigenvalue weighted by molar-refractivity contribution is 6.32. The summed E-state index contributed by atoms with van der Waals surface area (Å²) >= 11 is 6.00. The van der Waals surface area contributed by atoms with Gasteiger partial charge in [-0.3, -0.25) is 4.79 Å². The molecule has 0 bridgehead atoms. The Bertz CT molecular complexity index is 912. The molecule has 0 saturated heterocycles. The van der Waals surface area contributed by atoms with E-state index in [9.17, 15) is 4.79 Å². The van der Waals surface area contributed by atoms with Crippen LogP contribution in [0.3, 0.4) is 0 Å². The first-order chi connectivity index (χ1) is 11.8. The number of amides is 1. The number of halogens is 1. The van der Waals surface area contributed by atoms with Crippen molar-refractivity contribution in [3.63, 3.8) is 0 Å². The van der Waals surface area contributed by atoms with Gasteiger partial charge in [-0.05, 0) is 30.3 Å². The molecule has 0 aliphatic rings. The van der Waals surface area contributed by atoms with Gasteiger partial charge in [0.15, 0.2) is 12.2 Å². The number of rotatable bonds is 4. The fraction of sp³-hybridized carbons (Fsp3) is 0.263. The number of nitrogens with one attached hydrogen (secondary N) is 1. The van der Waals surface area contributed by atoms with E-state index in [1.807, 2.05) is 20.8 Å². The van der Waals surface area contributed by atoms with Gasteiger partial charge in [0.2, 0.25) is 5.89 Å². The molecule has 3 aromatic rings. The predicted molar refractivity (Wildman–Crippen MR) is 98.3 cm³/mol. The number of carbonyl (C=O) groups excluding carboxylic acids is 1. The topological polar surface area (TPSA) is 64.4 Å². The number of para-hydroxylation sites is 1. The van der Waals surface area contributed by atoms with E-state index in [0.717, 1.165) is 0 Å². The standard InChI is InChI=1S/C19H19ClN2O3/c1-19(2,3)18-22-14-10-12(8-9-16(14)25-18)21-17(23)11-24-15-7-5-4-6-13(15)20/h4-10H,11H2,1-3H3,(H,21,23). The van der Waals surface area contributed by atoms with Crippen LogP contribution in [0.4, 0.5) is 5.69 Å². The average Bonchev–Trinajstić information content (AvgIpc) is 2.98. The van der Waals surface area contributed by atoms with Crippen molar-refractivity contribution in [1.29, 1.82) is 0 Å². The van der Waals surface area contributed by atoms with E-state index >= 15 is 0 Å². The van der Waals surface area contributed by atoms with Crippen LogP contribution in [0.15, 0.2) is 46.9 Å². The van der Waals surface area contributed by atoms with Gasteiger partial charge in [-0.1, -0.05) is 44.5 Å². The number of fused-ring (bicyclic) bond motifs is 1. The molecule has 0 spiro atoms. The first-order valence-corrected chi connectivity index (χ1v) is 8.29. The van der Waals surface area contributed by atoms with Crippen LogP contribution in [0.1, 0.15) is 26.7 Å². The van der Waals surface area contributed by atoms with Gasteiger partial charge in [-0.15, -0.1) is 0 Å². The Morgan fingerprint density at radius 3 is 2.72 bits per heavy atom. The minimum atomic E-state index is -0.279. The van der Waals surface area contributed by atoms with Crippen molar-refractivity contribution in [3.05, 3.63) is 53.4 Å². The lowest BCUT2D eigenvalue weighted by atomic mass is 9.97. The van der Waals surface area contributed by atoms with Crippen molar-refractivity contribution < 1.29 is 13.9 Å². The summed E-state index contributed by atoms with van der Waals surface area (Å²) in [6, 6.07) is 12.4. The summed E-state index contributed by atoms with van der Waals surface area (Å²) in [5, 5.41) is 3.25. The molecule has 0 aliphatic carbocycles. The number of benzene rings is 2. The van der Waals surface area contributed by atoms with Gasteiger partial charge in [0.1, 0.15) is 11.3 Å². The van der Waals surface area contributed by atoms with E-state index in [2.05, 4.69) is 10.3 Å². The van der Waals surface area contributed by atoms with Crippen LogP contribution in [0, 0.1) is 0 Å². The summed E-state index contributed by atoms with van der Waals surface area (Å²) in [6.07, 6.45) is 0. The van der Waals surface area contributed by atoms with Crippen molar-refractivity contribution in [1.82, 2.24) is 4.98 Å². The quantitative estimate of drug-likeness (QED) is 0.727. The highest BCUT2D eigenvalue weighted by Crippen LogP contribution is 2.27. The third-order valence-corrected chi connectivity index (χ3v) is 3.82. The Hall–Kier alpha value is -2.53. The molecular formula is C19H19ClN2O3. The molecule has 1 amide bonds. The van der Waals surface area contributed by atoms with E-state index < -0.39 is 0 Å². The lowest BCUT2D eigenvalue weighted by molar-refractivity contribution is -0.118. The smallest absolute Gasteiger partial charge is 0.262 e. The highest BCUT2D eigenvalue weighted by atomic mass is 35.5. The number of anilines is 1. The summed E-state index contributed by atoms with van der Waals surface area (Å²) in [7, 11) is 0. The van der Waals surface area contributed by atoms with Gasteiger partial charge < -0.3 is 14.5 Å². The van der Waals surface area contributed by atoms with Crippen molar-refractivity contribution >= 4 is 34.3 Å². The molecule has 0 saturated carbocycles. The maximum atomic E-state index is 12.1. The minimum Gasteiger partial charge on any atom is -0.482 e. The number of ether oxygens (including phenoxy) is 1. The van der Waals surface area contributed by atoms with Gasteiger partial charge in [0.25, 0.3) is 5.91 Å². The van der Waals surface area contributed by atoms with E-state index in [1.165, 1.54) is 0 Å². The zero-order chi connectivity index (χ0) is 18.0. The summed E-state index contributed by atoms with van der Waals surface area (Å²) < 4.78 is 11.2. The Labute approximate surface area is 151 Å². The monoisotopic (exact) mass is 358 g/mol. The number of oxazole rings is 1. The van der Waals surface area contributed by atoms with Crippen LogP contribution in [0.25, 0.3) is 11.1 Å². The zero-order valence-electron chi connectivity index (χ0n) is 14.3. The first-order valence-electron chi connectivity index (χ1n) is 7.91. The van der Waals surface area contributed by atoms with Crippen molar-refractivity contribution in [2.24, 2.45) is 0 Å². The Balaban J connectivity index is 1.68. The van der Waals surface area contributed by atoms with E-state index in [1.54, 1.807) is 42.5 Å². The summed E-state index contributed by atoms with van der Waals surface area (Å²) in [6.45, 7) is 5.97. The van der Waals surface area contributed by atoms with Gasteiger partial charge in [0, 0.05) is 11.1 Å². The molecule has 0 atom stereocenters. The second-order valence-corrected chi connectivity index (χ2v) is 7.13. The Kier molecular flexibility index (Phi) is 4.68. The minimum absolute atomic E-state index is 0.131. The fourth-order valence-electron chi connectivity index (χ4n) is 2.23. The zero-order valence-corrected chi connectivity index (χ0v) is 15.1. The van der Waals surface area contributed by atoms with Crippen LogP contribution in [-0.4, -0.2) is 17.5 Å². The molecule has 1 aromatic heterocycles. The van der Waals surface area contributed by atoms with Crippen molar-refractivity contribution in [3.8, 4) is 5.75 Å². The number of carbonyl (C=O) groups is 1. The summed E-state index contributed by atoms with van der Waals surface area (Å²) in [4.78, 5) is 16.6. The normalized spacial score (nSPS) is 11.5. The first kappa shape index (κ1) is 17.3. The van der Waals surface area contributed by atoms with E-state index in [-0.39, 0.29) is 17.9 Å². The molecule has 1 N–H and O–H groups in total. The van der Waals surface area contributed by atoms with Crippen LogP contribution in [-0.2, 0) is 10.2 Å². The van der Waals surface area contributed by atoms with Crippen LogP contribution in [0.2, 0.25) is 5.02 Å². The van der Waals surface area contributed by atoms with Gasteiger partial charge in [0.05, 0.1) is 5.02 Å². The van der Waals surface area contributed by atoms with Crippen LogP contribution < -0.4 is 10.1 Å². The van der Waals surface area contributed by atoms with Gasteiger partial charge >= 0.3 is 0 Å². The molecule has 2 aromatic carbocycles. The lowest BCUT2D eigenvalue weighted by Crippen LogP contribution is -2.20. The maximum Gasteiger partial charge on any atom is 0.262 e. The molecule has 3 rings (SSSR count). The SMILES string of the molecule is CC(C)(C)c1nc2cc(NC(=O)COc3ccccc3Cl)ccc2o1. The molecule has 25 heavy (non-hydrogen) atoms.